The minimum Gasteiger partial charge on any atom is -0.386 e. The summed E-state index contributed by atoms with van der Waals surface area (Å²) in [6.07, 6.45) is 3.76. The van der Waals surface area contributed by atoms with E-state index in [0.717, 1.165) is 19.4 Å². The highest BCUT2D eigenvalue weighted by atomic mass is 16.5. The lowest BCUT2D eigenvalue weighted by Crippen LogP contribution is -2.56. The van der Waals surface area contributed by atoms with Crippen molar-refractivity contribution in [2.24, 2.45) is 11.7 Å². The van der Waals surface area contributed by atoms with Gasteiger partial charge in [-0.25, -0.2) is 0 Å². The summed E-state index contributed by atoms with van der Waals surface area (Å²) in [5, 5.41) is 14.1. The van der Waals surface area contributed by atoms with Gasteiger partial charge in [-0.15, -0.1) is 0 Å². The number of methoxy groups -OCH3 is 1. The van der Waals surface area contributed by atoms with Crippen molar-refractivity contribution in [3.8, 4) is 0 Å². The van der Waals surface area contributed by atoms with Gasteiger partial charge in [0.2, 0.25) is 0 Å². The number of ether oxygens (including phenoxy) is 1. The molecule has 4 nitrogen and oxygen atoms in total. The van der Waals surface area contributed by atoms with Crippen LogP contribution in [0.15, 0.2) is 0 Å². The Hall–Kier alpha value is -0.160. The van der Waals surface area contributed by atoms with Crippen molar-refractivity contribution in [2.45, 2.75) is 44.2 Å². The molecule has 3 atom stereocenters. The van der Waals surface area contributed by atoms with Crippen LogP contribution in [0, 0.1) is 5.92 Å². The summed E-state index contributed by atoms with van der Waals surface area (Å²) in [4.78, 5) is 0. The Balaban J connectivity index is 2.58. The van der Waals surface area contributed by atoms with Crippen molar-refractivity contribution >= 4 is 0 Å². The topological polar surface area (TPSA) is 67.5 Å². The molecular formula is C12H26N2O2. The molecule has 0 aromatic heterocycles. The van der Waals surface area contributed by atoms with Gasteiger partial charge in [0, 0.05) is 13.2 Å². The van der Waals surface area contributed by atoms with Crippen LogP contribution in [0.4, 0.5) is 0 Å². The van der Waals surface area contributed by atoms with E-state index >= 15 is 0 Å². The van der Waals surface area contributed by atoms with E-state index in [1.165, 1.54) is 6.42 Å². The second-order valence-corrected chi connectivity index (χ2v) is 5.07. The molecule has 3 unspecified atom stereocenters. The smallest absolute Gasteiger partial charge is 0.103 e. The molecule has 0 saturated carbocycles. The lowest BCUT2D eigenvalue weighted by atomic mass is 9.81. The van der Waals surface area contributed by atoms with Crippen LogP contribution in [0.25, 0.3) is 0 Å². The highest BCUT2D eigenvalue weighted by Crippen LogP contribution is 2.27. The predicted octanol–water partition coefficient (Wildman–Crippen LogP) is 0.491. The summed E-state index contributed by atoms with van der Waals surface area (Å²) >= 11 is 0. The molecular weight excluding hydrogens is 204 g/mol. The number of rotatable bonds is 6. The van der Waals surface area contributed by atoms with Gasteiger partial charge in [0.1, 0.15) is 5.60 Å². The Morgan fingerprint density at radius 1 is 1.56 bits per heavy atom. The summed E-state index contributed by atoms with van der Waals surface area (Å²) in [7, 11) is 1.64. The molecule has 96 valence electrons. The zero-order chi connectivity index (χ0) is 12.0. The first-order valence-corrected chi connectivity index (χ1v) is 6.27. The molecule has 16 heavy (non-hydrogen) atoms. The van der Waals surface area contributed by atoms with E-state index in [1.54, 1.807) is 7.11 Å². The monoisotopic (exact) mass is 230 g/mol. The van der Waals surface area contributed by atoms with Gasteiger partial charge >= 0.3 is 0 Å². The predicted molar refractivity (Wildman–Crippen MR) is 65.3 cm³/mol. The molecule has 1 saturated heterocycles. The first kappa shape index (κ1) is 13.9. The second kappa shape index (κ2) is 6.55. The molecule has 1 aliphatic heterocycles. The summed E-state index contributed by atoms with van der Waals surface area (Å²) in [5.41, 5.74) is 4.76. The Morgan fingerprint density at radius 2 is 2.31 bits per heavy atom. The molecule has 1 heterocycles. The number of hydrogen-bond donors (Lipinski definition) is 3. The average Bonchev–Trinajstić information content (AvgIpc) is 2.27. The zero-order valence-corrected chi connectivity index (χ0v) is 10.5. The molecule has 0 aromatic rings. The summed E-state index contributed by atoms with van der Waals surface area (Å²) in [6, 6.07) is 0.141. The number of aliphatic hydroxyl groups is 1. The highest BCUT2D eigenvalue weighted by Gasteiger charge is 2.38. The van der Waals surface area contributed by atoms with E-state index in [9.17, 15) is 5.11 Å². The second-order valence-electron chi connectivity index (χ2n) is 5.07. The van der Waals surface area contributed by atoms with Crippen LogP contribution in [0.2, 0.25) is 0 Å². The van der Waals surface area contributed by atoms with Gasteiger partial charge in [0.25, 0.3) is 0 Å². The lowest BCUT2D eigenvalue weighted by Gasteiger charge is -2.40. The van der Waals surface area contributed by atoms with Crippen LogP contribution in [0.3, 0.4) is 0 Å². The van der Waals surface area contributed by atoms with E-state index in [1.807, 2.05) is 0 Å². The largest absolute Gasteiger partial charge is 0.386 e. The van der Waals surface area contributed by atoms with Gasteiger partial charge in [-0.1, -0.05) is 6.92 Å². The van der Waals surface area contributed by atoms with Crippen LogP contribution in [-0.4, -0.2) is 43.6 Å². The minimum atomic E-state index is -0.761. The maximum Gasteiger partial charge on any atom is 0.103 e. The Morgan fingerprint density at radius 3 is 2.88 bits per heavy atom. The number of nitrogens with two attached hydrogens (primary N) is 1. The zero-order valence-electron chi connectivity index (χ0n) is 10.5. The highest BCUT2D eigenvalue weighted by molar-refractivity contribution is 4.94. The van der Waals surface area contributed by atoms with Gasteiger partial charge in [0.05, 0.1) is 6.61 Å². The summed E-state index contributed by atoms with van der Waals surface area (Å²) < 4.78 is 5.16. The molecule has 4 N–H and O–H groups in total. The molecule has 0 amide bonds. The number of hydrogen-bond acceptors (Lipinski definition) is 4. The van der Waals surface area contributed by atoms with Crippen LogP contribution in [0.5, 0.6) is 0 Å². The van der Waals surface area contributed by atoms with Crippen molar-refractivity contribution in [1.29, 1.82) is 0 Å². The molecule has 1 rings (SSSR count). The first-order chi connectivity index (χ1) is 7.62. The van der Waals surface area contributed by atoms with Crippen molar-refractivity contribution < 1.29 is 9.84 Å². The normalized spacial score (nSPS) is 30.0. The SMILES string of the molecule is COCC(O)(CCCN)C1CC(C)CCN1. The fraction of sp³-hybridized carbons (Fsp3) is 1.00. The summed E-state index contributed by atoms with van der Waals surface area (Å²) in [6.45, 7) is 4.23. The third kappa shape index (κ3) is 3.70. The van der Waals surface area contributed by atoms with Crippen LogP contribution in [0.1, 0.15) is 32.6 Å². The van der Waals surface area contributed by atoms with Gasteiger partial charge in [-0.3, -0.25) is 0 Å². The molecule has 0 aliphatic carbocycles. The molecule has 1 aliphatic rings. The quantitative estimate of drug-likeness (QED) is 0.621. The Kier molecular flexibility index (Phi) is 5.69. The molecule has 4 heteroatoms. The fourth-order valence-electron chi connectivity index (χ4n) is 2.52. The molecule has 0 spiro atoms. The maximum absolute atomic E-state index is 10.6. The average molecular weight is 230 g/mol. The first-order valence-electron chi connectivity index (χ1n) is 6.27. The van der Waals surface area contributed by atoms with Crippen molar-refractivity contribution in [2.75, 3.05) is 26.8 Å². The Bertz CT molecular complexity index is 201. The fourth-order valence-corrected chi connectivity index (χ4v) is 2.52. The minimum absolute atomic E-state index is 0.141. The van der Waals surface area contributed by atoms with E-state index < -0.39 is 5.60 Å². The maximum atomic E-state index is 10.6. The number of nitrogens with one attached hydrogen (secondary N) is 1. The Labute approximate surface area is 98.5 Å². The van der Waals surface area contributed by atoms with Crippen molar-refractivity contribution in [3.63, 3.8) is 0 Å². The molecule has 1 fully saturated rings. The van der Waals surface area contributed by atoms with E-state index in [4.69, 9.17) is 10.5 Å². The van der Waals surface area contributed by atoms with E-state index in [2.05, 4.69) is 12.2 Å². The molecule has 0 aromatic carbocycles. The summed E-state index contributed by atoms with van der Waals surface area (Å²) in [5.74, 6) is 0.674. The lowest BCUT2D eigenvalue weighted by molar-refractivity contribution is -0.0736. The van der Waals surface area contributed by atoms with Gasteiger partial charge < -0.3 is 20.9 Å². The van der Waals surface area contributed by atoms with Crippen LogP contribution >= 0.6 is 0 Å². The van der Waals surface area contributed by atoms with Gasteiger partial charge in [-0.05, 0) is 44.7 Å². The van der Waals surface area contributed by atoms with E-state index in [0.29, 0.717) is 25.5 Å². The standard InChI is InChI=1S/C12H26N2O2/c1-10-4-7-14-11(8-10)12(15,9-16-2)5-3-6-13/h10-11,14-15H,3-9,13H2,1-2H3. The molecule has 0 bridgehead atoms. The van der Waals surface area contributed by atoms with Gasteiger partial charge in [0.15, 0.2) is 0 Å². The number of piperidine rings is 1. The van der Waals surface area contributed by atoms with Crippen molar-refractivity contribution in [3.05, 3.63) is 0 Å². The van der Waals surface area contributed by atoms with Gasteiger partial charge in [-0.2, -0.15) is 0 Å². The third-order valence-corrected chi connectivity index (χ3v) is 3.52. The molecule has 0 radical (unpaired) electrons. The van der Waals surface area contributed by atoms with E-state index in [-0.39, 0.29) is 6.04 Å². The van der Waals surface area contributed by atoms with Crippen LogP contribution in [-0.2, 0) is 4.74 Å². The van der Waals surface area contributed by atoms with Crippen LogP contribution < -0.4 is 11.1 Å². The van der Waals surface area contributed by atoms with Crippen molar-refractivity contribution in [1.82, 2.24) is 5.32 Å². The third-order valence-electron chi connectivity index (χ3n) is 3.52.